The van der Waals surface area contributed by atoms with Crippen molar-refractivity contribution >= 4 is 6.09 Å². The van der Waals surface area contributed by atoms with E-state index in [-0.39, 0.29) is 5.54 Å². The van der Waals surface area contributed by atoms with E-state index < -0.39 is 6.09 Å². The van der Waals surface area contributed by atoms with Gasteiger partial charge in [0.25, 0.3) is 0 Å². The Morgan fingerprint density at radius 2 is 1.93 bits per heavy atom. The Hall–Kier alpha value is -0.840. The fourth-order valence-electron chi connectivity index (χ4n) is 1.67. The molecule has 0 unspecified atom stereocenters. The molecule has 1 rings (SSSR count). The van der Waals surface area contributed by atoms with Gasteiger partial charge in [0.15, 0.2) is 0 Å². The molecular formula is C9H17FN2O2. The minimum atomic E-state index is -0.870. The van der Waals surface area contributed by atoms with Gasteiger partial charge in [-0.1, -0.05) is 0 Å². The Kier molecular flexibility index (Phi) is 3.31. The van der Waals surface area contributed by atoms with Crippen molar-refractivity contribution in [1.82, 2.24) is 9.80 Å². The number of hydrogen-bond acceptors (Lipinski definition) is 3. The van der Waals surface area contributed by atoms with Crippen LogP contribution >= 0.6 is 0 Å². The van der Waals surface area contributed by atoms with Crippen molar-refractivity contribution in [2.24, 2.45) is 0 Å². The molecule has 0 aliphatic carbocycles. The van der Waals surface area contributed by atoms with E-state index in [1.807, 2.05) is 14.1 Å². The Balaban J connectivity index is 2.49. The van der Waals surface area contributed by atoms with E-state index in [2.05, 4.69) is 16.8 Å². The predicted octanol–water partition coefficient (Wildman–Crippen LogP) is 1.42. The van der Waals surface area contributed by atoms with Gasteiger partial charge in [-0.25, -0.2) is 9.74 Å². The highest BCUT2D eigenvalue weighted by Crippen LogP contribution is 2.26. The van der Waals surface area contributed by atoms with Crippen molar-refractivity contribution in [3.05, 3.63) is 0 Å². The van der Waals surface area contributed by atoms with Crippen LogP contribution in [-0.2, 0) is 4.94 Å². The second kappa shape index (κ2) is 4.13. The first kappa shape index (κ1) is 11.2. The number of rotatable bonds is 1. The molecular weight excluding hydrogens is 187 g/mol. The third kappa shape index (κ3) is 2.15. The number of amides is 1. The lowest BCUT2D eigenvalue weighted by Crippen LogP contribution is -2.51. The van der Waals surface area contributed by atoms with E-state index in [1.54, 1.807) is 0 Å². The number of hydrogen-bond donors (Lipinski definition) is 0. The van der Waals surface area contributed by atoms with Crippen LogP contribution in [0.2, 0.25) is 0 Å². The Bertz CT molecular complexity index is 213. The maximum atomic E-state index is 11.6. The van der Waals surface area contributed by atoms with Crippen LogP contribution in [-0.4, -0.2) is 48.6 Å². The van der Waals surface area contributed by atoms with Crippen LogP contribution in [0.5, 0.6) is 0 Å². The van der Waals surface area contributed by atoms with Crippen molar-refractivity contribution < 1.29 is 14.3 Å². The third-order valence-electron chi connectivity index (χ3n) is 3.24. The summed E-state index contributed by atoms with van der Waals surface area (Å²) in [4.78, 5) is 17.6. The second-order valence-electron chi connectivity index (χ2n) is 4.22. The van der Waals surface area contributed by atoms with E-state index >= 15 is 0 Å². The van der Waals surface area contributed by atoms with Crippen LogP contribution in [0.1, 0.15) is 19.8 Å². The fourth-order valence-corrected chi connectivity index (χ4v) is 1.67. The minimum absolute atomic E-state index is 0.104. The molecule has 0 aromatic heterocycles. The fraction of sp³-hybridized carbons (Fsp3) is 0.889. The second-order valence-corrected chi connectivity index (χ2v) is 4.22. The molecule has 1 aliphatic heterocycles. The lowest BCUT2D eigenvalue weighted by Gasteiger charge is -2.42. The first-order valence-corrected chi connectivity index (χ1v) is 4.74. The topological polar surface area (TPSA) is 32.8 Å². The zero-order valence-corrected chi connectivity index (χ0v) is 8.92. The molecule has 1 amide bonds. The van der Waals surface area contributed by atoms with Crippen LogP contribution in [0, 0.1) is 0 Å². The molecule has 0 bridgehead atoms. The maximum absolute atomic E-state index is 11.6. The highest BCUT2D eigenvalue weighted by Gasteiger charge is 2.34. The van der Waals surface area contributed by atoms with Gasteiger partial charge in [0, 0.05) is 23.2 Å². The largest absolute Gasteiger partial charge is 0.447 e. The average Bonchev–Trinajstić information content (AvgIpc) is 2.17. The van der Waals surface area contributed by atoms with Crippen LogP contribution in [0.15, 0.2) is 0 Å². The Labute approximate surface area is 83.5 Å². The van der Waals surface area contributed by atoms with Crippen LogP contribution < -0.4 is 0 Å². The van der Waals surface area contributed by atoms with Crippen LogP contribution in [0.4, 0.5) is 9.32 Å². The maximum Gasteiger partial charge on any atom is 0.447 e. The monoisotopic (exact) mass is 204 g/mol. The highest BCUT2D eigenvalue weighted by atomic mass is 19.3. The lowest BCUT2D eigenvalue weighted by molar-refractivity contribution is -0.0848. The van der Waals surface area contributed by atoms with Gasteiger partial charge < -0.3 is 9.80 Å². The van der Waals surface area contributed by atoms with Crippen molar-refractivity contribution in [2.75, 3.05) is 27.2 Å². The molecule has 14 heavy (non-hydrogen) atoms. The first-order valence-electron chi connectivity index (χ1n) is 4.74. The van der Waals surface area contributed by atoms with Gasteiger partial charge in [0.05, 0.1) is 0 Å². The molecule has 1 aliphatic rings. The van der Waals surface area contributed by atoms with Gasteiger partial charge in [-0.15, -0.1) is 0 Å². The summed E-state index contributed by atoms with van der Waals surface area (Å²) in [5, 5.41) is 0. The number of carbonyl (C=O) groups excluding carboxylic acids is 1. The number of halogens is 1. The summed E-state index contributed by atoms with van der Waals surface area (Å²) in [6.45, 7) is 3.25. The molecule has 0 saturated carbocycles. The number of piperidine rings is 1. The summed E-state index contributed by atoms with van der Waals surface area (Å²) in [5.74, 6) is 0. The number of likely N-dealkylation sites (tertiary alicyclic amines) is 1. The molecule has 0 N–H and O–H groups in total. The smallest absolute Gasteiger partial charge is 0.306 e. The molecule has 82 valence electrons. The molecule has 0 aromatic carbocycles. The average molecular weight is 204 g/mol. The van der Waals surface area contributed by atoms with Crippen molar-refractivity contribution in [1.29, 1.82) is 0 Å². The summed E-state index contributed by atoms with van der Waals surface area (Å²) in [6, 6.07) is 0. The first-order chi connectivity index (χ1) is 6.49. The molecule has 0 spiro atoms. The molecule has 4 nitrogen and oxygen atoms in total. The normalized spacial score (nSPS) is 21.1. The van der Waals surface area contributed by atoms with E-state index in [0.29, 0.717) is 13.1 Å². The lowest BCUT2D eigenvalue weighted by atomic mass is 9.89. The third-order valence-corrected chi connectivity index (χ3v) is 3.24. The van der Waals surface area contributed by atoms with Crippen molar-refractivity contribution in [2.45, 2.75) is 25.3 Å². The predicted molar refractivity (Wildman–Crippen MR) is 50.5 cm³/mol. The summed E-state index contributed by atoms with van der Waals surface area (Å²) in [6.07, 6.45) is 0.815. The Morgan fingerprint density at radius 1 is 1.43 bits per heavy atom. The number of carbonyl (C=O) groups is 1. The summed E-state index contributed by atoms with van der Waals surface area (Å²) < 4.78 is 11.6. The summed E-state index contributed by atoms with van der Waals surface area (Å²) in [5.41, 5.74) is 0.104. The van der Waals surface area contributed by atoms with Crippen LogP contribution in [0.25, 0.3) is 0 Å². The van der Waals surface area contributed by atoms with Gasteiger partial charge in [-0.3, -0.25) is 0 Å². The molecule has 1 heterocycles. The van der Waals surface area contributed by atoms with Gasteiger partial charge in [-0.05, 0) is 33.9 Å². The highest BCUT2D eigenvalue weighted by molar-refractivity contribution is 5.66. The van der Waals surface area contributed by atoms with Crippen molar-refractivity contribution in [3.63, 3.8) is 0 Å². The van der Waals surface area contributed by atoms with Gasteiger partial charge in [0.2, 0.25) is 0 Å². The number of nitrogens with zero attached hydrogens (tertiary/aromatic N) is 2. The summed E-state index contributed by atoms with van der Waals surface area (Å²) in [7, 11) is 4.03. The quantitative estimate of drug-likeness (QED) is 0.647. The van der Waals surface area contributed by atoms with Crippen molar-refractivity contribution in [3.8, 4) is 0 Å². The zero-order valence-electron chi connectivity index (χ0n) is 8.92. The van der Waals surface area contributed by atoms with Crippen LogP contribution in [0.3, 0.4) is 0 Å². The molecule has 1 fully saturated rings. The molecule has 1 saturated heterocycles. The molecule has 0 aromatic rings. The summed E-state index contributed by atoms with van der Waals surface area (Å²) >= 11 is 0. The van der Waals surface area contributed by atoms with E-state index in [9.17, 15) is 9.32 Å². The van der Waals surface area contributed by atoms with Gasteiger partial charge in [0.1, 0.15) is 0 Å². The van der Waals surface area contributed by atoms with Gasteiger partial charge >= 0.3 is 6.09 Å². The molecule has 5 heteroatoms. The SMILES string of the molecule is CN(C)C1(C)CCN(C(=O)OF)CC1. The van der Waals surface area contributed by atoms with Gasteiger partial charge in [-0.2, -0.15) is 0 Å². The minimum Gasteiger partial charge on any atom is -0.306 e. The standard InChI is InChI=1S/C9H17FN2O2/c1-9(11(2)3)4-6-12(7-5-9)8(13)14-10/h4-7H2,1-3H3. The molecule has 0 atom stereocenters. The van der Waals surface area contributed by atoms with E-state index in [4.69, 9.17) is 0 Å². The molecule has 0 radical (unpaired) electrons. The Morgan fingerprint density at radius 3 is 2.29 bits per heavy atom. The zero-order chi connectivity index (χ0) is 10.8. The van der Waals surface area contributed by atoms with E-state index in [0.717, 1.165) is 12.8 Å². The van der Waals surface area contributed by atoms with E-state index in [1.165, 1.54) is 4.90 Å².